The van der Waals surface area contributed by atoms with E-state index in [2.05, 4.69) is 72.2 Å². The molecule has 0 spiro atoms. The predicted octanol–water partition coefficient (Wildman–Crippen LogP) is 8.73. The number of rotatable bonds is 11. The maximum absolute atomic E-state index is 8.83. The van der Waals surface area contributed by atoms with E-state index in [1.807, 2.05) is 72.8 Å². The van der Waals surface area contributed by atoms with Crippen molar-refractivity contribution in [1.29, 1.82) is 5.26 Å². The molecule has 0 N–H and O–H groups in total. The van der Waals surface area contributed by atoms with Crippen LogP contribution in [0.25, 0.3) is 22.2 Å². The summed E-state index contributed by atoms with van der Waals surface area (Å²) in [5.74, 6) is 2.36. The average Bonchev–Trinajstić information content (AvgIpc) is 3.33. The summed E-state index contributed by atoms with van der Waals surface area (Å²) >= 11 is 0. The zero-order valence-electron chi connectivity index (χ0n) is 24.1. The molecule has 0 saturated heterocycles. The first-order valence-electron chi connectivity index (χ1n) is 14.3. The van der Waals surface area contributed by atoms with E-state index in [1.54, 1.807) is 0 Å². The largest absolute Gasteiger partial charge is 0.489 e. The Morgan fingerprint density at radius 1 is 0.605 bits per heavy atom. The van der Waals surface area contributed by atoms with Crippen LogP contribution in [-0.2, 0) is 19.8 Å². The topological polar surface area (TPSA) is 56.4 Å². The molecule has 0 atom stereocenters. The molecule has 1 heterocycles. The molecule has 5 heteroatoms. The Labute approximate surface area is 252 Å². The van der Waals surface area contributed by atoms with E-state index in [0.717, 1.165) is 50.3 Å². The minimum atomic E-state index is 0.0324. The Hall–Kier alpha value is -5.47. The van der Waals surface area contributed by atoms with Gasteiger partial charge in [-0.15, -0.1) is 0 Å². The van der Waals surface area contributed by atoms with Crippen molar-refractivity contribution in [1.82, 2.24) is 4.57 Å². The molecule has 0 aliphatic carbocycles. The van der Waals surface area contributed by atoms with Gasteiger partial charge >= 0.3 is 0 Å². The minimum absolute atomic E-state index is 0.0324. The van der Waals surface area contributed by atoms with Gasteiger partial charge in [-0.05, 0) is 89.3 Å². The van der Waals surface area contributed by atoms with Gasteiger partial charge in [-0.2, -0.15) is 5.26 Å². The van der Waals surface area contributed by atoms with Crippen LogP contribution < -0.4 is 14.2 Å². The molecule has 0 unspecified atom stereocenters. The SMILES string of the molecule is Cc1c(-c2ccc(OCc3ccccc3)cc2)n(Cc2ccc(OCC#N)cc2)c2ccc(OCc3ccccc3)cc12. The Morgan fingerprint density at radius 2 is 1.16 bits per heavy atom. The summed E-state index contributed by atoms with van der Waals surface area (Å²) in [6, 6.07) is 45.0. The molecular formula is C38H32N2O3. The highest BCUT2D eigenvalue weighted by atomic mass is 16.5. The van der Waals surface area contributed by atoms with Gasteiger partial charge in [0, 0.05) is 17.4 Å². The van der Waals surface area contributed by atoms with Crippen LogP contribution in [0, 0.1) is 18.3 Å². The van der Waals surface area contributed by atoms with E-state index < -0.39 is 0 Å². The molecule has 5 nitrogen and oxygen atoms in total. The van der Waals surface area contributed by atoms with Crippen molar-refractivity contribution in [3.05, 3.63) is 150 Å². The van der Waals surface area contributed by atoms with E-state index in [1.165, 1.54) is 5.56 Å². The van der Waals surface area contributed by atoms with E-state index in [0.29, 0.717) is 25.5 Å². The molecule has 43 heavy (non-hydrogen) atoms. The van der Waals surface area contributed by atoms with Crippen LogP contribution in [0.1, 0.15) is 22.3 Å². The van der Waals surface area contributed by atoms with Gasteiger partial charge in [0.2, 0.25) is 0 Å². The van der Waals surface area contributed by atoms with Crippen molar-refractivity contribution < 1.29 is 14.2 Å². The number of aromatic nitrogens is 1. The number of nitrogens with zero attached hydrogens (tertiary/aromatic N) is 2. The maximum atomic E-state index is 8.83. The van der Waals surface area contributed by atoms with Gasteiger partial charge in [-0.25, -0.2) is 0 Å². The van der Waals surface area contributed by atoms with E-state index in [9.17, 15) is 0 Å². The van der Waals surface area contributed by atoms with Gasteiger partial charge in [-0.3, -0.25) is 0 Å². The van der Waals surface area contributed by atoms with Crippen LogP contribution in [-0.4, -0.2) is 11.2 Å². The minimum Gasteiger partial charge on any atom is -0.489 e. The molecule has 0 saturated carbocycles. The zero-order valence-corrected chi connectivity index (χ0v) is 24.1. The van der Waals surface area contributed by atoms with Gasteiger partial charge in [0.25, 0.3) is 0 Å². The van der Waals surface area contributed by atoms with Crippen LogP contribution in [0.3, 0.4) is 0 Å². The lowest BCUT2D eigenvalue weighted by atomic mass is 10.1. The van der Waals surface area contributed by atoms with Gasteiger partial charge in [0.15, 0.2) is 6.61 Å². The third-order valence-corrected chi connectivity index (χ3v) is 7.48. The van der Waals surface area contributed by atoms with Crippen molar-refractivity contribution in [3.63, 3.8) is 0 Å². The van der Waals surface area contributed by atoms with Gasteiger partial charge in [0.05, 0.1) is 5.69 Å². The van der Waals surface area contributed by atoms with Crippen LogP contribution in [0.4, 0.5) is 0 Å². The number of fused-ring (bicyclic) bond motifs is 1. The number of aryl methyl sites for hydroxylation is 1. The molecule has 6 aromatic rings. The van der Waals surface area contributed by atoms with Crippen LogP contribution >= 0.6 is 0 Å². The first kappa shape index (κ1) is 27.7. The standard InChI is InChI=1S/C38H32N2O3/c1-28-36-24-35(43-27-31-10-6-3-7-11-31)20-21-37(36)40(25-29-12-16-33(17-13-29)41-23-22-39)38(28)32-14-18-34(19-15-32)42-26-30-8-4-2-5-9-30/h2-21,24H,23,25-27H2,1H3. The lowest BCUT2D eigenvalue weighted by molar-refractivity contribution is 0.306. The fourth-order valence-corrected chi connectivity index (χ4v) is 5.31. The van der Waals surface area contributed by atoms with E-state index >= 15 is 0 Å². The molecule has 0 fully saturated rings. The summed E-state index contributed by atoms with van der Waals surface area (Å²) in [6.45, 7) is 3.93. The lowest BCUT2D eigenvalue weighted by Gasteiger charge is -2.14. The molecule has 1 aromatic heterocycles. The number of hydrogen-bond donors (Lipinski definition) is 0. The van der Waals surface area contributed by atoms with Crippen molar-refractivity contribution in [2.75, 3.05) is 6.61 Å². The molecular weight excluding hydrogens is 532 g/mol. The van der Waals surface area contributed by atoms with Crippen molar-refractivity contribution in [2.45, 2.75) is 26.7 Å². The molecule has 5 aromatic carbocycles. The molecule has 0 radical (unpaired) electrons. The van der Waals surface area contributed by atoms with Crippen LogP contribution in [0.15, 0.2) is 127 Å². The summed E-state index contributed by atoms with van der Waals surface area (Å²) in [7, 11) is 0. The number of hydrogen-bond acceptors (Lipinski definition) is 4. The third kappa shape index (κ3) is 6.55. The maximum Gasteiger partial charge on any atom is 0.174 e. The van der Waals surface area contributed by atoms with E-state index in [-0.39, 0.29) is 6.61 Å². The van der Waals surface area contributed by atoms with Gasteiger partial charge in [0.1, 0.15) is 36.5 Å². The Morgan fingerprint density at radius 3 is 1.79 bits per heavy atom. The van der Waals surface area contributed by atoms with Crippen LogP contribution in [0.2, 0.25) is 0 Å². The van der Waals surface area contributed by atoms with Gasteiger partial charge in [-0.1, -0.05) is 72.8 Å². The quantitative estimate of drug-likeness (QED) is 0.158. The monoisotopic (exact) mass is 564 g/mol. The fraction of sp³-hybridized carbons (Fsp3) is 0.132. The second-order valence-corrected chi connectivity index (χ2v) is 10.4. The highest BCUT2D eigenvalue weighted by molar-refractivity contribution is 5.92. The molecule has 212 valence electrons. The smallest absolute Gasteiger partial charge is 0.174 e. The molecule has 0 bridgehead atoms. The average molecular weight is 565 g/mol. The lowest BCUT2D eigenvalue weighted by Crippen LogP contribution is -2.03. The normalized spacial score (nSPS) is 10.8. The third-order valence-electron chi connectivity index (χ3n) is 7.48. The summed E-state index contributed by atoms with van der Waals surface area (Å²) in [6.07, 6.45) is 0. The fourth-order valence-electron chi connectivity index (χ4n) is 5.31. The highest BCUT2D eigenvalue weighted by Crippen LogP contribution is 2.37. The van der Waals surface area contributed by atoms with Crippen molar-refractivity contribution in [3.8, 4) is 34.6 Å². The zero-order chi connectivity index (χ0) is 29.4. The Bertz CT molecular complexity index is 1840. The van der Waals surface area contributed by atoms with E-state index in [4.69, 9.17) is 19.5 Å². The van der Waals surface area contributed by atoms with Crippen molar-refractivity contribution >= 4 is 10.9 Å². The summed E-state index contributed by atoms with van der Waals surface area (Å²) < 4.78 is 20.1. The summed E-state index contributed by atoms with van der Waals surface area (Å²) in [5.41, 5.74) is 7.98. The highest BCUT2D eigenvalue weighted by Gasteiger charge is 2.17. The molecule has 0 aliphatic heterocycles. The first-order valence-corrected chi connectivity index (χ1v) is 14.3. The second-order valence-electron chi connectivity index (χ2n) is 10.4. The number of benzene rings is 5. The summed E-state index contributed by atoms with van der Waals surface area (Å²) in [5, 5.41) is 9.99. The molecule has 0 aliphatic rings. The summed E-state index contributed by atoms with van der Waals surface area (Å²) in [4.78, 5) is 0. The first-order chi connectivity index (χ1) is 21.2. The Kier molecular flexibility index (Phi) is 8.38. The number of nitriles is 1. The second kappa shape index (κ2) is 13.0. The molecule has 6 rings (SSSR count). The number of ether oxygens (including phenoxy) is 3. The van der Waals surface area contributed by atoms with Gasteiger partial charge < -0.3 is 18.8 Å². The van der Waals surface area contributed by atoms with Crippen molar-refractivity contribution in [2.24, 2.45) is 0 Å². The van der Waals surface area contributed by atoms with Crippen LogP contribution in [0.5, 0.6) is 17.2 Å². The Balaban J connectivity index is 1.32. The predicted molar refractivity (Wildman–Crippen MR) is 170 cm³/mol. The molecule has 0 amide bonds.